The standard InChI is InChI=1S/C12H17ClN2O2.ClH/c1-8(14)5-12(16)15-7-9-3-4-10(13)6-11(9)17-2;/h3-4,6,8H,5,7,14H2,1-2H3,(H,15,16);1H. The van der Waals surface area contributed by atoms with E-state index in [2.05, 4.69) is 5.32 Å². The molecule has 3 N–H and O–H groups in total. The lowest BCUT2D eigenvalue weighted by molar-refractivity contribution is -0.121. The lowest BCUT2D eigenvalue weighted by Gasteiger charge is -2.11. The van der Waals surface area contributed by atoms with Crippen LogP contribution in [0.2, 0.25) is 5.02 Å². The van der Waals surface area contributed by atoms with E-state index in [1.165, 1.54) is 0 Å². The average molecular weight is 293 g/mol. The highest BCUT2D eigenvalue weighted by molar-refractivity contribution is 6.30. The predicted octanol–water partition coefficient (Wildman–Crippen LogP) is 2.12. The first-order valence-electron chi connectivity index (χ1n) is 5.37. The molecule has 0 aliphatic heterocycles. The lowest BCUT2D eigenvalue weighted by atomic mass is 10.2. The van der Waals surface area contributed by atoms with Crippen LogP contribution in [-0.4, -0.2) is 19.1 Å². The number of halogens is 2. The number of carbonyl (C=O) groups is 1. The van der Waals surface area contributed by atoms with Crippen LogP contribution in [0.1, 0.15) is 18.9 Å². The highest BCUT2D eigenvalue weighted by Crippen LogP contribution is 2.22. The topological polar surface area (TPSA) is 64.3 Å². The van der Waals surface area contributed by atoms with Gasteiger partial charge in [0.2, 0.25) is 5.91 Å². The Hall–Kier alpha value is -0.970. The van der Waals surface area contributed by atoms with Crippen LogP contribution < -0.4 is 15.8 Å². The van der Waals surface area contributed by atoms with Crippen molar-refractivity contribution in [1.82, 2.24) is 5.32 Å². The molecule has 0 heterocycles. The zero-order chi connectivity index (χ0) is 12.8. The SMILES string of the molecule is COc1cc(Cl)ccc1CNC(=O)CC(C)N.Cl. The summed E-state index contributed by atoms with van der Waals surface area (Å²) < 4.78 is 5.18. The van der Waals surface area contributed by atoms with Crippen LogP contribution in [0.5, 0.6) is 5.75 Å². The molecule has 102 valence electrons. The first-order valence-corrected chi connectivity index (χ1v) is 5.75. The van der Waals surface area contributed by atoms with E-state index in [9.17, 15) is 4.79 Å². The number of hydrogen-bond acceptors (Lipinski definition) is 3. The van der Waals surface area contributed by atoms with Gasteiger partial charge in [-0.05, 0) is 19.1 Å². The van der Waals surface area contributed by atoms with Gasteiger partial charge in [-0.1, -0.05) is 17.7 Å². The van der Waals surface area contributed by atoms with Crippen molar-refractivity contribution < 1.29 is 9.53 Å². The molecule has 0 radical (unpaired) electrons. The summed E-state index contributed by atoms with van der Waals surface area (Å²) in [6.45, 7) is 2.20. The third-order valence-corrected chi connectivity index (χ3v) is 2.47. The van der Waals surface area contributed by atoms with Gasteiger partial charge in [0.1, 0.15) is 5.75 Å². The summed E-state index contributed by atoms with van der Waals surface area (Å²) >= 11 is 5.84. The van der Waals surface area contributed by atoms with E-state index in [1.54, 1.807) is 26.2 Å². The van der Waals surface area contributed by atoms with E-state index >= 15 is 0 Å². The second kappa shape index (κ2) is 8.19. The van der Waals surface area contributed by atoms with Crippen molar-refractivity contribution >= 4 is 29.9 Å². The van der Waals surface area contributed by atoms with Gasteiger partial charge in [-0.15, -0.1) is 12.4 Å². The molecule has 18 heavy (non-hydrogen) atoms. The molecule has 1 aromatic carbocycles. The van der Waals surface area contributed by atoms with Crippen molar-refractivity contribution in [3.05, 3.63) is 28.8 Å². The van der Waals surface area contributed by atoms with Crippen molar-refractivity contribution in [2.45, 2.75) is 25.9 Å². The summed E-state index contributed by atoms with van der Waals surface area (Å²) in [5.74, 6) is 0.593. The molecule has 0 bridgehead atoms. The first-order chi connectivity index (χ1) is 8.02. The maximum absolute atomic E-state index is 11.4. The third kappa shape index (κ3) is 5.58. The number of benzene rings is 1. The van der Waals surface area contributed by atoms with E-state index < -0.39 is 0 Å². The number of rotatable bonds is 5. The van der Waals surface area contributed by atoms with Gasteiger partial charge in [-0.2, -0.15) is 0 Å². The fourth-order valence-corrected chi connectivity index (χ4v) is 1.58. The summed E-state index contributed by atoms with van der Waals surface area (Å²) in [5, 5.41) is 3.39. The van der Waals surface area contributed by atoms with E-state index in [0.717, 1.165) is 5.56 Å². The van der Waals surface area contributed by atoms with Crippen molar-refractivity contribution in [2.24, 2.45) is 5.73 Å². The van der Waals surface area contributed by atoms with E-state index in [-0.39, 0.29) is 24.4 Å². The van der Waals surface area contributed by atoms with Crippen LogP contribution >= 0.6 is 24.0 Å². The fourth-order valence-electron chi connectivity index (χ4n) is 1.42. The highest BCUT2D eigenvalue weighted by Gasteiger charge is 2.07. The summed E-state index contributed by atoms with van der Waals surface area (Å²) in [6, 6.07) is 5.17. The number of carbonyl (C=O) groups excluding carboxylic acids is 1. The second-order valence-corrected chi connectivity index (χ2v) is 4.35. The Kier molecular flexibility index (Phi) is 7.75. The van der Waals surface area contributed by atoms with Crippen LogP contribution in [0.4, 0.5) is 0 Å². The monoisotopic (exact) mass is 292 g/mol. The van der Waals surface area contributed by atoms with Crippen molar-refractivity contribution in [1.29, 1.82) is 0 Å². The van der Waals surface area contributed by atoms with Crippen LogP contribution in [0.15, 0.2) is 18.2 Å². The maximum Gasteiger partial charge on any atom is 0.221 e. The van der Waals surface area contributed by atoms with Gasteiger partial charge in [-0.3, -0.25) is 4.79 Å². The first kappa shape index (κ1) is 17.0. The minimum absolute atomic E-state index is 0. The fraction of sp³-hybridized carbons (Fsp3) is 0.417. The Morgan fingerprint density at radius 2 is 2.22 bits per heavy atom. The zero-order valence-corrected chi connectivity index (χ0v) is 12.0. The average Bonchev–Trinajstić information content (AvgIpc) is 2.26. The zero-order valence-electron chi connectivity index (χ0n) is 10.4. The minimum atomic E-state index is -0.137. The Bertz CT molecular complexity index is 398. The number of nitrogens with two attached hydrogens (primary N) is 1. The van der Waals surface area contributed by atoms with Gasteiger partial charge in [-0.25, -0.2) is 0 Å². The molecule has 1 atom stereocenters. The highest BCUT2D eigenvalue weighted by atomic mass is 35.5. The molecule has 0 aliphatic carbocycles. The molecule has 0 fully saturated rings. The predicted molar refractivity (Wildman–Crippen MR) is 75.4 cm³/mol. The molecule has 0 aromatic heterocycles. The van der Waals surface area contributed by atoms with Gasteiger partial charge in [0.05, 0.1) is 7.11 Å². The summed E-state index contributed by atoms with van der Waals surface area (Å²) in [6.07, 6.45) is 0.315. The van der Waals surface area contributed by atoms with Crippen molar-refractivity contribution in [3.8, 4) is 5.75 Å². The van der Waals surface area contributed by atoms with Gasteiger partial charge in [0.25, 0.3) is 0 Å². The van der Waals surface area contributed by atoms with E-state index in [4.69, 9.17) is 22.1 Å². The molecule has 1 rings (SSSR count). The molecule has 1 amide bonds. The van der Waals surface area contributed by atoms with Crippen LogP contribution in [-0.2, 0) is 11.3 Å². The Morgan fingerprint density at radius 1 is 1.56 bits per heavy atom. The van der Waals surface area contributed by atoms with Crippen molar-refractivity contribution in [3.63, 3.8) is 0 Å². The largest absolute Gasteiger partial charge is 0.496 e. The molecular formula is C12H18Cl2N2O2. The van der Waals surface area contributed by atoms with Crippen LogP contribution in [0.25, 0.3) is 0 Å². The third-order valence-electron chi connectivity index (χ3n) is 2.23. The van der Waals surface area contributed by atoms with Crippen LogP contribution in [0, 0.1) is 0 Å². The molecule has 4 nitrogen and oxygen atoms in total. The molecule has 6 heteroatoms. The number of methoxy groups -OCH3 is 1. The van der Waals surface area contributed by atoms with Gasteiger partial charge < -0.3 is 15.8 Å². The molecule has 1 unspecified atom stereocenters. The lowest BCUT2D eigenvalue weighted by Crippen LogP contribution is -2.29. The smallest absolute Gasteiger partial charge is 0.221 e. The van der Waals surface area contributed by atoms with Crippen molar-refractivity contribution in [2.75, 3.05) is 7.11 Å². The summed E-state index contributed by atoms with van der Waals surface area (Å²) in [7, 11) is 1.57. The van der Waals surface area contributed by atoms with Gasteiger partial charge in [0, 0.05) is 29.6 Å². The Labute approximate surface area is 118 Å². The number of nitrogens with one attached hydrogen (secondary N) is 1. The molecule has 0 aliphatic rings. The maximum atomic E-state index is 11.4. The van der Waals surface area contributed by atoms with Crippen LogP contribution in [0.3, 0.4) is 0 Å². The number of ether oxygens (including phenoxy) is 1. The molecular weight excluding hydrogens is 275 g/mol. The second-order valence-electron chi connectivity index (χ2n) is 3.91. The minimum Gasteiger partial charge on any atom is -0.496 e. The van der Waals surface area contributed by atoms with E-state index in [0.29, 0.717) is 23.7 Å². The molecule has 0 saturated carbocycles. The Morgan fingerprint density at radius 3 is 2.78 bits per heavy atom. The normalized spacial score (nSPS) is 11.3. The molecule has 0 spiro atoms. The molecule has 1 aromatic rings. The van der Waals surface area contributed by atoms with Gasteiger partial charge >= 0.3 is 0 Å². The summed E-state index contributed by atoms with van der Waals surface area (Å²) in [4.78, 5) is 11.4. The number of hydrogen-bond donors (Lipinski definition) is 2. The van der Waals surface area contributed by atoms with E-state index in [1.807, 2.05) is 6.07 Å². The summed E-state index contributed by atoms with van der Waals surface area (Å²) in [5.41, 5.74) is 6.42. The molecule has 0 saturated heterocycles. The Balaban J connectivity index is 0.00000289. The number of amides is 1. The van der Waals surface area contributed by atoms with Gasteiger partial charge in [0.15, 0.2) is 0 Å². The quantitative estimate of drug-likeness (QED) is 0.874.